The summed E-state index contributed by atoms with van der Waals surface area (Å²) in [6.45, 7) is 7.82. The summed E-state index contributed by atoms with van der Waals surface area (Å²) in [5.41, 5.74) is 1.87. The molecule has 180 valence electrons. The molecule has 0 bridgehead atoms. The summed E-state index contributed by atoms with van der Waals surface area (Å²) < 4.78 is 0. The minimum absolute atomic E-state index is 0.239. The van der Waals surface area contributed by atoms with E-state index < -0.39 is 5.97 Å². The normalized spacial score (nSPS) is 16.7. The number of hydrogen-bond acceptors (Lipinski definition) is 6. The molecule has 7 nitrogen and oxygen atoms in total. The number of aliphatic carboxylic acids is 1. The van der Waals surface area contributed by atoms with E-state index >= 15 is 0 Å². The lowest BCUT2D eigenvalue weighted by molar-refractivity contribution is -0.137. The highest BCUT2D eigenvalue weighted by atomic mass is 16.4. The third-order valence-corrected chi connectivity index (χ3v) is 6.33. The third kappa shape index (κ3) is 8.68. The molecule has 2 aromatic rings. The summed E-state index contributed by atoms with van der Waals surface area (Å²) in [7, 11) is 0. The molecule has 1 aliphatic heterocycles. The average Bonchev–Trinajstić information content (AvgIpc) is 2.88. The minimum atomic E-state index is -0.725. The number of rotatable bonds is 10. The number of hydrogen-bond donors (Lipinski definition) is 3. The largest absolute Gasteiger partial charge is 0.508 e. The van der Waals surface area contributed by atoms with Gasteiger partial charge in [0.05, 0.1) is 0 Å². The van der Waals surface area contributed by atoms with E-state index in [1.807, 2.05) is 36.4 Å². The number of para-hydroxylation sites is 2. The quantitative estimate of drug-likeness (QED) is 0.474. The van der Waals surface area contributed by atoms with Crippen molar-refractivity contribution in [2.45, 2.75) is 38.8 Å². The molecule has 2 aromatic carbocycles. The molecular formula is C26H37N3O4. The third-order valence-electron chi connectivity index (χ3n) is 6.33. The van der Waals surface area contributed by atoms with Crippen LogP contribution >= 0.6 is 0 Å². The molecule has 0 aliphatic carbocycles. The number of carbonyl (C=O) groups is 1. The number of nitrogens with zero attached hydrogens (tertiary/aromatic N) is 3. The lowest BCUT2D eigenvalue weighted by atomic mass is 10.1. The summed E-state index contributed by atoms with van der Waals surface area (Å²) in [6.07, 6.45) is 2.88. The monoisotopic (exact) mass is 455 g/mol. The highest BCUT2D eigenvalue weighted by Crippen LogP contribution is 2.20. The van der Waals surface area contributed by atoms with Crippen molar-refractivity contribution in [2.24, 2.45) is 0 Å². The Morgan fingerprint density at radius 1 is 0.667 bits per heavy atom. The molecule has 1 aliphatic rings. The van der Waals surface area contributed by atoms with Crippen LogP contribution in [0.2, 0.25) is 0 Å². The zero-order valence-corrected chi connectivity index (χ0v) is 19.4. The SMILES string of the molecule is O=C(O)CCCCCN1CCN(Cc2ccccc2O)CCN(Cc2ccccc2O)CC1. The molecule has 0 spiro atoms. The molecule has 3 rings (SSSR count). The van der Waals surface area contributed by atoms with Crippen LogP contribution in [0.25, 0.3) is 0 Å². The zero-order chi connectivity index (χ0) is 23.5. The maximum atomic E-state index is 10.7. The fourth-order valence-corrected chi connectivity index (χ4v) is 4.28. The summed E-state index contributed by atoms with van der Waals surface area (Å²) in [5.74, 6) is -0.0604. The van der Waals surface area contributed by atoms with Crippen molar-refractivity contribution in [2.75, 3.05) is 45.8 Å². The van der Waals surface area contributed by atoms with Crippen molar-refractivity contribution in [3.05, 3.63) is 59.7 Å². The number of aromatic hydroxyl groups is 2. The molecule has 0 aromatic heterocycles. The van der Waals surface area contributed by atoms with Gasteiger partial charge in [-0.2, -0.15) is 0 Å². The van der Waals surface area contributed by atoms with E-state index in [1.54, 1.807) is 12.1 Å². The van der Waals surface area contributed by atoms with E-state index in [-0.39, 0.29) is 6.42 Å². The maximum Gasteiger partial charge on any atom is 0.303 e. The Morgan fingerprint density at radius 2 is 1.12 bits per heavy atom. The number of carboxylic acids is 1. The Labute approximate surface area is 196 Å². The molecule has 0 radical (unpaired) electrons. The summed E-state index contributed by atoms with van der Waals surface area (Å²) in [6, 6.07) is 15.0. The second-order valence-corrected chi connectivity index (χ2v) is 8.86. The van der Waals surface area contributed by atoms with Gasteiger partial charge in [0.2, 0.25) is 0 Å². The first-order valence-electron chi connectivity index (χ1n) is 11.9. The van der Waals surface area contributed by atoms with E-state index in [4.69, 9.17) is 5.11 Å². The molecular weight excluding hydrogens is 418 g/mol. The van der Waals surface area contributed by atoms with E-state index in [2.05, 4.69) is 14.7 Å². The van der Waals surface area contributed by atoms with Gasteiger partial charge in [-0.3, -0.25) is 14.6 Å². The molecule has 1 fully saturated rings. The Hall–Kier alpha value is -2.61. The van der Waals surface area contributed by atoms with Crippen molar-refractivity contribution in [1.82, 2.24) is 14.7 Å². The molecule has 3 N–H and O–H groups in total. The van der Waals surface area contributed by atoms with Crippen LogP contribution < -0.4 is 0 Å². The fraction of sp³-hybridized carbons (Fsp3) is 0.500. The smallest absolute Gasteiger partial charge is 0.303 e. The van der Waals surface area contributed by atoms with Gasteiger partial charge in [-0.05, 0) is 31.5 Å². The first kappa shape index (κ1) is 25.0. The van der Waals surface area contributed by atoms with Crippen molar-refractivity contribution in [3.8, 4) is 11.5 Å². The van der Waals surface area contributed by atoms with E-state index in [0.29, 0.717) is 24.6 Å². The Morgan fingerprint density at radius 3 is 1.58 bits per heavy atom. The van der Waals surface area contributed by atoms with E-state index in [1.165, 1.54) is 0 Å². The van der Waals surface area contributed by atoms with Crippen molar-refractivity contribution in [1.29, 1.82) is 0 Å². The lowest BCUT2D eigenvalue weighted by Gasteiger charge is -2.26. The molecule has 1 saturated heterocycles. The first-order valence-corrected chi connectivity index (χ1v) is 11.9. The van der Waals surface area contributed by atoms with Crippen LogP contribution in [0.5, 0.6) is 11.5 Å². The van der Waals surface area contributed by atoms with Gasteiger partial charge >= 0.3 is 5.97 Å². The number of carboxylic acid groups (broad SMARTS) is 1. The van der Waals surface area contributed by atoms with Crippen LogP contribution in [0.15, 0.2) is 48.5 Å². The van der Waals surface area contributed by atoms with Crippen molar-refractivity contribution < 1.29 is 20.1 Å². The summed E-state index contributed by atoms with van der Waals surface area (Å²) in [4.78, 5) is 18.0. The van der Waals surface area contributed by atoms with Crippen molar-refractivity contribution in [3.63, 3.8) is 0 Å². The van der Waals surface area contributed by atoms with E-state index in [0.717, 1.165) is 76.2 Å². The van der Waals surface area contributed by atoms with Crippen molar-refractivity contribution >= 4 is 5.97 Å². The standard InChI is InChI=1S/C26H37N3O4/c30-24-10-5-3-8-22(24)20-28-16-14-27(13-7-1-2-12-26(32)33)15-17-29(19-18-28)21-23-9-4-6-11-25(23)31/h3-6,8-11,30-31H,1-2,7,12-21H2,(H,32,33). The lowest BCUT2D eigenvalue weighted by Crippen LogP contribution is -2.36. The number of phenolic OH excluding ortho intramolecular Hbond substituents is 2. The summed E-state index contributed by atoms with van der Waals surface area (Å²) in [5, 5.41) is 29.3. The van der Waals surface area contributed by atoms with Gasteiger partial charge < -0.3 is 20.2 Å². The predicted octanol–water partition coefficient (Wildman–Crippen LogP) is 3.36. The zero-order valence-electron chi connectivity index (χ0n) is 19.4. The first-order chi connectivity index (χ1) is 16.0. The molecule has 0 unspecified atom stereocenters. The maximum absolute atomic E-state index is 10.7. The van der Waals surface area contributed by atoms with Crippen LogP contribution in [0.4, 0.5) is 0 Å². The topological polar surface area (TPSA) is 87.5 Å². The molecule has 0 atom stereocenters. The second-order valence-electron chi connectivity index (χ2n) is 8.86. The summed E-state index contributed by atoms with van der Waals surface area (Å²) >= 11 is 0. The van der Waals surface area contributed by atoms with Gasteiger partial charge in [-0.1, -0.05) is 42.8 Å². The predicted molar refractivity (Wildman–Crippen MR) is 129 cm³/mol. The molecule has 0 amide bonds. The van der Waals surface area contributed by atoms with Crippen LogP contribution in [-0.2, 0) is 17.9 Å². The van der Waals surface area contributed by atoms with Gasteiger partial charge in [-0.15, -0.1) is 0 Å². The Bertz CT molecular complexity index is 817. The van der Waals surface area contributed by atoms with Crippen LogP contribution in [0, 0.1) is 0 Å². The van der Waals surface area contributed by atoms with E-state index in [9.17, 15) is 15.0 Å². The Balaban J connectivity index is 1.63. The van der Waals surface area contributed by atoms with Crippen LogP contribution in [0.3, 0.4) is 0 Å². The average molecular weight is 456 g/mol. The highest BCUT2D eigenvalue weighted by molar-refractivity contribution is 5.66. The molecule has 1 heterocycles. The van der Waals surface area contributed by atoms with Crippen LogP contribution in [-0.4, -0.2) is 81.8 Å². The molecule has 33 heavy (non-hydrogen) atoms. The fourth-order valence-electron chi connectivity index (χ4n) is 4.28. The highest BCUT2D eigenvalue weighted by Gasteiger charge is 2.18. The van der Waals surface area contributed by atoms with Gasteiger partial charge in [0.1, 0.15) is 11.5 Å². The minimum Gasteiger partial charge on any atom is -0.508 e. The Kier molecular flexibility index (Phi) is 10.00. The van der Waals surface area contributed by atoms with Gasteiger partial charge in [0.15, 0.2) is 0 Å². The van der Waals surface area contributed by atoms with Gasteiger partial charge in [0, 0.05) is 69.9 Å². The molecule has 7 heteroatoms. The molecule has 0 saturated carbocycles. The van der Waals surface area contributed by atoms with Crippen LogP contribution in [0.1, 0.15) is 36.8 Å². The van der Waals surface area contributed by atoms with Gasteiger partial charge in [0.25, 0.3) is 0 Å². The second kappa shape index (κ2) is 13.2. The van der Waals surface area contributed by atoms with Gasteiger partial charge in [-0.25, -0.2) is 0 Å². The number of unbranched alkanes of at least 4 members (excludes halogenated alkanes) is 2. The number of phenols is 2. The number of benzene rings is 2.